The van der Waals surface area contributed by atoms with Crippen molar-refractivity contribution >= 4 is 22.4 Å². The average molecular weight is 282 g/mol. The molecule has 0 spiro atoms. The molecule has 106 valence electrons. The van der Waals surface area contributed by atoms with E-state index in [2.05, 4.69) is 19.2 Å². The van der Waals surface area contributed by atoms with Crippen LogP contribution in [0.3, 0.4) is 0 Å². The van der Waals surface area contributed by atoms with Gasteiger partial charge in [-0.3, -0.25) is 9.00 Å². The standard InChI is InChI=1S/C14H22N2O2S/c1-11(2)6-7-19(18)10-14(17)16-13-5-3-4-12(8-13)9-15/h3-5,8,11H,6-7,9-10,15H2,1-2H3,(H,16,17). The quantitative estimate of drug-likeness (QED) is 0.802. The van der Waals surface area contributed by atoms with Crippen LogP contribution < -0.4 is 11.1 Å². The van der Waals surface area contributed by atoms with Crippen LogP contribution in [-0.2, 0) is 22.1 Å². The number of carbonyl (C=O) groups excluding carboxylic acids is 1. The Kier molecular flexibility index (Phi) is 6.73. The van der Waals surface area contributed by atoms with Gasteiger partial charge in [0.15, 0.2) is 0 Å². The number of rotatable bonds is 7. The van der Waals surface area contributed by atoms with Gasteiger partial charge in [-0.15, -0.1) is 0 Å². The van der Waals surface area contributed by atoms with E-state index in [0.29, 0.717) is 23.9 Å². The predicted molar refractivity (Wildman–Crippen MR) is 80.3 cm³/mol. The van der Waals surface area contributed by atoms with E-state index in [0.717, 1.165) is 12.0 Å². The first-order valence-electron chi connectivity index (χ1n) is 6.45. The summed E-state index contributed by atoms with van der Waals surface area (Å²) in [7, 11) is -1.09. The number of nitrogens with two attached hydrogens (primary N) is 1. The van der Waals surface area contributed by atoms with Gasteiger partial charge < -0.3 is 11.1 Å². The first-order chi connectivity index (χ1) is 9.01. The van der Waals surface area contributed by atoms with E-state index in [-0.39, 0.29) is 11.7 Å². The highest BCUT2D eigenvalue weighted by atomic mass is 32.2. The molecule has 3 N–H and O–H groups in total. The number of hydrogen-bond acceptors (Lipinski definition) is 3. The van der Waals surface area contributed by atoms with Crippen LogP contribution in [0.15, 0.2) is 24.3 Å². The molecular weight excluding hydrogens is 260 g/mol. The third kappa shape index (κ3) is 6.50. The molecule has 0 radical (unpaired) electrons. The molecule has 1 aromatic rings. The minimum atomic E-state index is -1.09. The Hall–Kier alpha value is -1.20. The van der Waals surface area contributed by atoms with E-state index in [1.54, 1.807) is 6.07 Å². The highest BCUT2D eigenvalue weighted by molar-refractivity contribution is 7.85. The summed E-state index contributed by atoms with van der Waals surface area (Å²) in [4.78, 5) is 11.7. The maximum absolute atomic E-state index is 11.7. The second-order valence-corrected chi connectivity index (χ2v) is 6.50. The van der Waals surface area contributed by atoms with Crippen LogP contribution in [0.2, 0.25) is 0 Å². The van der Waals surface area contributed by atoms with E-state index in [1.165, 1.54) is 0 Å². The van der Waals surface area contributed by atoms with Crippen molar-refractivity contribution in [1.82, 2.24) is 0 Å². The van der Waals surface area contributed by atoms with Crippen LogP contribution >= 0.6 is 0 Å². The lowest BCUT2D eigenvalue weighted by Crippen LogP contribution is -2.21. The van der Waals surface area contributed by atoms with Crippen molar-refractivity contribution in [3.8, 4) is 0 Å². The lowest BCUT2D eigenvalue weighted by atomic mass is 10.2. The molecule has 1 atom stereocenters. The summed E-state index contributed by atoms with van der Waals surface area (Å²) in [6, 6.07) is 7.37. The summed E-state index contributed by atoms with van der Waals surface area (Å²) in [6.45, 7) is 4.59. The van der Waals surface area contributed by atoms with Gasteiger partial charge in [0.1, 0.15) is 5.75 Å². The normalized spacial score (nSPS) is 12.4. The van der Waals surface area contributed by atoms with Gasteiger partial charge in [0.05, 0.1) is 0 Å². The molecular formula is C14H22N2O2S. The molecule has 0 heterocycles. The van der Waals surface area contributed by atoms with Gasteiger partial charge in [0.25, 0.3) is 0 Å². The number of carbonyl (C=O) groups is 1. The molecule has 1 rings (SSSR count). The molecule has 1 unspecified atom stereocenters. The highest BCUT2D eigenvalue weighted by Crippen LogP contribution is 2.10. The zero-order valence-electron chi connectivity index (χ0n) is 11.5. The van der Waals surface area contributed by atoms with E-state index < -0.39 is 10.8 Å². The first kappa shape index (κ1) is 15.9. The Balaban J connectivity index is 2.44. The van der Waals surface area contributed by atoms with Gasteiger partial charge in [-0.2, -0.15) is 0 Å². The first-order valence-corrected chi connectivity index (χ1v) is 7.94. The molecule has 1 aromatic carbocycles. The molecule has 0 aliphatic rings. The summed E-state index contributed by atoms with van der Waals surface area (Å²) in [5.74, 6) is 0.928. The molecule has 0 aliphatic carbocycles. The second-order valence-electron chi connectivity index (χ2n) is 4.92. The van der Waals surface area contributed by atoms with Crippen LogP contribution in [0.1, 0.15) is 25.8 Å². The average Bonchev–Trinajstić information content (AvgIpc) is 2.36. The van der Waals surface area contributed by atoms with E-state index in [9.17, 15) is 9.00 Å². The minimum absolute atomic E-state index is 0.0551. The maximum Gasteiger partial charge on any atom is 0.236 e. The largest absolute Gasteiger partial charge is 0.326 e. The third-order valence-corrected chi connectivity index (χ3v) is 3.94. The molecule has 19 heavy (non-hydrogen) atoms. The summed E-state index contributed by atoms with van der Waals surface area (Å²) >= 11 is 0. The predicted octanol–water partition coefficient (Wildman–Crippen LogP) is 1.88. The molecule has 0 saturated heterocycles. The number of anilines is 1. The van der Waals surface area contributed by atoms with Gasteiger partial charge in [-0.1, -0.05) is 26.0 Å². The van der Waals surface area contributed by atoms with Crippen molar-refractivity contribution < 1.29 is 9.00 Å². The van der Waals surface area contributed by atoms with Crippen molar-refractivity contribution in [2.24, 2.45) is 11.7 Å². The van der Waals surface area contributed by atoms with Gasteiger partial charge in [0.2, 0.25) is 5.91 Å². The molecule has 0 bridgehead atoms. The Labute approximate surface area is 117 Å². The number of nitrogens with one attached hydrogen (secondary N) is 1. The van der Waals surface area contributed by atoms with Crippen LogP contribution in [-0.4, -0.2) is 21.6 Å². The molecule has 0 fully saturated rings. The summed E-state index contributed by atoms with van der Waals surface area (Å²) < 4.78 is 11.7. The van der Waals surface area contributed by atoms with Gasteiger partial charge >= 0.3 is 0 Å². The smallest absolute Gasteiger partial charge is 0.236 e. The maximum atomic E-state index is 11.7. The molecule has 0 saturated carbocycles. The van der Waals surface area contributed by atoms with Crippen molar-refractivity contribution in [3.05, 3.63) is 29.8 Å². The number of hydrogen-bond donors (Lipinski definition) is 2. The van der Waals surface area contributed by atoms with Crippen LogP contribution in [0.5, 0.6) is 0 Å². The fourth-order valence-electron chi connectivity index (χ4n) is 1.56. The molecule has 0 aromatic heterocycles. The second kappa shape index (κ2) is 8.07. The molecule has 1 amide bonds. The number of amides is 1. The lowest BCUT2D eigenvalue weighted by Gasteiger charge is -2.07. The van der Waals surface area contributed by atoms with Crippen molar-refractivity contribution in [2.75, 3.05) is 16.8 Å². The third-order valence-electron chi connectivity index (χ3n) is 2.66. The zero-order valence-corrected chi connectivity index (χ0v) is 12.3. The highest BCUT2D eigenvalue weighted by Gasteiger charge is 2.09. The SMILES string of the molecule is CC(C)CCS(=O)CC(=O)Nc1cccc(CN)c1. The Morgan fingerprint density at radius 2 is 2.16 bits per heavy atom. The van der Waals surface area contributed by atoms with Crippen molar-refractivity contribution in [3.63, 3.8) is 0 Å². The van der Waals surface area contributed by atoms with E-state index >= 15 is 0 Å². The number of benzene rings is 1. The minimum Gasteiger partial charge on any atom is -0.326 e. The fourth-order valence-corrected chi connectivity index (χ4v) is 2.80. The summed E-state index contributed by atoms with van der Waals surface area (Å²) in [5.41, 5.74) is 7.20. The molecule has 4 nitrogen and oxygen atoms in total. The van der Waals surface area contributed by atoms with Crippen molar-refractivity contribution in [2.45, 2.75) is 26.8 Å². The Morgan fingerprint density at radius 3 is 2.79 bits per heavy atom. The van der Waals surface area contributed by atoms with Gasteiger partial charge in [-0.25, -0.2) is 0 Å². The van der Waals surface area contributed by atoms with E-state index in [1.807, 2.05) is 18.2 Å². The monoisotopic (exact) mass is 282 g/mol. The summed E-state index contributed by atoms with van der Waals surface area (Å²) in [5, 5.41) is 2.75. The van der Waals surface area contributed by atoms with Gasteiger partial charge in [-0.05, 0) is 30.0 Å². The summed E-state index contributed by atoms with van der Waals surface area (Å²) in [6.07, 6.45) is 0.878. The fraction of sp³-hybridized carbons (Fsp3) is 0.500. The Bertz CT molecular complexity index is 447. The molecule has 5 heteroatoms. The van der Waals surface area contributed by atoms with E-state index in [4.69, 9.17) is 5.73 Å². The lowest BCUT2D eigenvalue weighted by molar-refractivity contribution is -0.113. The van der Waals surface area contributed by atoms with Crippen LogP contribution in [0.25, 0.3) is 0 Å². The van der Waals surface area contributed by atoms with Crippen LogP contribution in [0, 0.1) is 5.92 Å². The van der Waals surface area contributed by atoms with Gasteiger partial charge in [0, 0.05) is 28.8 Å². The molecule has 0 aliphatic heterocycles. The topological polar surface area (TPSA) is 72.2 Å². The zero-order chi connectivity index (χ0) is 14.3. The van der Waals surface area contributed by atoms with Crippen molar-refractivity contribution in [1.29, 1.82) is 0 Å². The van der Waals surface area contributed by atoms with Crippen LogP contribution in [0.4, 0.5) is 5.69 Å². The Morgan fingerprint density at radius 1 is 1.42 bits per heavy atom.